The first-order chi connectivity index (χ1) is 11.1. The van der Waals surface area contributed by atoms with Crippen molar-refractivity contribution in [1.82, 2.24) is 9.78 Å². The van der Waals surface area contributed by atoms with Crippen molar-refractivity contribution in [3.63, 3.8) is 0 Å². The highest BCUT2D eigenvalue weighted by molar-refractivity contribution is 6.33. The number of primary amides is 1. The molecule has 1 aliphatic heterocycles. The van der Waals surface area contributed by atoms with Crippen LogP contribution in [0.2, 0.25) is 5.02 Å². The van der Waals surface area contributed by atoms with Crippen LogP contribution in [0.1, 0.15) is 12.8 Å². The van der Waals surface area contributed by atoms with Crippen molar-refractivity contribution >= 4 is 23.2 Å². The summed E-state index contributed by atoms with van der Waals surface area (Å²) < 4.78 is 1.27. The molecule has 1 atom stereocenters. The van der Waals surface area contributed by atoms with Crippen LogP contribution in [0.15, 0.2) is 41.3 Å². The van der Waals surface area contributed by atoms with E-state index < -0.39 is 0 Å². The van der Waals surface area contributed by atoms with Crippen LogP contribution in [0, 0.1) is 5.92 Å². The third kappa shape index (κ3) is 3.07. The van der Waals surface area contributed by atoms with Crippen LogP contribution in [0.5, 0.6) is 0 Å². The number of nitrogens with two attached hydrogens (primary N) is 1. The third-order valence-electron chi connectivity index (χ3n) is 4.07. The van der Waals surface area contributed by atoms with E-state index in [0.29, 0.717) is 17.9 Å². The lowest BCUT2D eigenvalue weighted by Gasteiger charge is -2.33. The van der Waals surface area contributed by atoms with Crippen LogP contribution in [0.4, 0.5) is 5.69 Å². The highest BCUT2D eigenvalue weighted by Crippen LogP contribution is 2.27. The van der Waals surface area contributed by atoms with E-state index in [9.17, 15) is 9.59 Å². The van der Waals surface area contributed by atoms with Crippen LogP contribution < -0.4 is 16.2 Å². The summed E-state index contributed by atoms with van der Waals surface area (Å²) in [6.07, 6.45) is 3.16. The molecule has 7 heteroatoms. The summed E-state index contributed by atoms with van der Waals surface area (Å²) in [5.74, 6) is -0.548. The Labute approximate surface area is 138 Å². The fourth-order valence-electron chi connectivity index (χ4n) is 2.83. The van der Waals surface area contributed by atoms with Gasteiger partial charge in [0.25, 0.3) is 5.56 Å². The number of amides is 1. The Morgan fingerprint density at radius 1 is 1.30 bits per heavy atom. The molecule has 0 spiro atoms. The summed E-state index contributed by atoms with van der Waals surface area (Å²) in [5.41, 5.74) is 6.22. The Morgan fingerprint density at radius 3 is 2.74 bits per heavy atom. The SMILES string of the molecule is NC(=O)[C@H]1CCCN(c2cnn(-c3ccccc3)c(=O)c2Cl)C1. The summed E-state index contributed by atoms with van der Waals surface area (Å²) in [6.45, 7) is 1.19. The zero-order valence-electron chi connectivity index (χ0n) is 12.5. The van der Waals surface area contributed by atoms with Crippen molar-refractivity contribution in [2.24, 2.45) is 11.7 Å². The number of halogens is 1. The molecule has 3 rings (SSSR count). The van der Waals surface area contributed by atoms with Gasteiger partial charge in [-0.3, -0.25) is 9.59 Å². The Morgan fingerprint density at radius 2 is 2.04 bits per heavy atom. The Kier molecular flexibility index (Phi) is 4.34. The zero-order valence-corrected chi connectivity index (χ0v) is 13.2. The zero-order chi connectivity index (χ0) is 16.4. The van der Waals surface area contributed by atoms with Crippen LogP contribution in [-0.4, -0.2) is 28.8 Å². The molecule has 1 aliphatic rings. The first-order valence-corrected chi connectivity index (χ1v) is 7.83. The van der Waals surface area contributed by atoms with Gasteiger partial charge in [0.1, 0.15) is 5.02 Å². The molecule has 0 radical (unpaired) electrons. The Balaban J connectivity index is 1.95. The Bertz CT molecular complexity index is 775. The van der Waals surface area contributed by atoms with Gasteiger partial charge < -0.3 is 10.6 Å². The molecule has 1 amide bonds. The third-order valence-corrected chi connectivity index (χ3v) is 4.42. The number of hydrogen-bond acceptors (Lipinski definition) is 4. The lowest BCUT2D eigenvalue weighted by atomic mass is 9.97. The van der Waals surface area contributed by atoms with Gasteiger partial charge in [-0.15, -0.1) is 0 Å². The topological polar surface area (TPSA) is 81.2 Å². The average Bonchev–Trinajstić information content (AvgIpc) is 2.58. The minimum absolute atomic E-state index is 0.106. The van der Waals surface area contributed by atoms with Crippen molar-refractivity contribution in [2.75, 3.05) is 18.0 Å². The number of carbonyl (C=O) groups excluding carboxylic acids is 1. The molecule has 2 N–H and O–H groups in total. The molecule has 1 aromatic heterocycles. The average molecular weight is 333 g/mol. The maximum atomic E-state index is 12.5. The second kappa shape index (κ2) is 6.42. The number of carbonyl (C=O) groups is 1. The molecule has 2 aromatic rings. The van der Waals surface area contributed by atoms with Crippen molar-refractivity contribution in [3.8, 4) is 5.69 Å². The highest BCUT2D eigenvalue weighted by Gasteiger charge is 2.26. The number of aromatic nitrogens is 2. The van der Waals surface area contributed by atoms with E-state index in [1.54, 1.807) is 18.3 Å². The molecule has 120 valence electrons. The summed E-state index contributed by atoms with van der Waals surface area (Å²) in [7, 11) is 0. The van der Waals surface area contributed by atoms with Gasteiger partial charge in [0.15, 0.2) is 0 Å². The van der Waals surface area contributed by atoms with Crippen molar-refractivity contribution in [1.29, 1.82) is 0 Å². The van der Waals surface area contributed by atoms with Crippen LogP contribution in [-0.2, 0) is 4.79 Å². The fourth-order valence-corrected chi connectivity index (χ4v) is 3.07. The molecule has 2 heterocycles. The molecule has 1 saturated heterocycles. The van der Waals surface area contributed by atoms with Crippen LogP contribution in [0.25, 0.3) is 5.69 Å². The van der Waals surface area contributed by atoms with E-state index in [2.05, 4.69) is 5.10 Å². The van der Waals surface area contributed by atoms with Gasteiger partial charge in [0.05, 0.1) is 23.5 Å². The van der Waals surface area contributed by atoms with Gasteiger partial charge in [-0.25, -0.2) is 0 Å². The first kappa shape index (κ1) is 15.6. The molecule has 0 bridgehead atoms. The highest BCUT2D eigenvalue weighted by atomic mass is 35.5. The standard InChI is InChI=1S/C16H17ClN4O2/c17-14-13(20-8-4-5-11(10-20)15(18)22)9-19-21(16(14)23)12-6-2-1-3-7-12/h1-3,6-7,9,11H,4-5,8,10H2,(H2,18,22)/t11-/m0/s1. The number of rotatable bonds is 3. The van der Waals surface area contributed by atoms with Crippen LogP contribution >= 0.6 is 11.6 Å². The normalized spacial score (nSPS) is 18.0. The van der Waals surface area contributed by atoms with Gasteiger partial charge in [0, 0.05) is 13.1 Å². The number of hydrogen-bond donors (Lipinski definition) is 1. The second-order valence-corrected chi connectivity index (χ2v) is 5.96. The summed E-state index contributed by atoms with van der Waals surface area (Å²) in [6, 6.07) is 9.09. The monoisotopic (exact) mass is 332 g/mol. The molecule has 23 heavy (non-hydrogen) atoms. The largest absolute Gasteiger partial charge is 0.369 e. The molecule has 0 unspecified atom stereocenters. The van der Waals surface area contributed by atoms with E-state index in [1.807, 2.05) is 23.1 Å². The van der Waals surface area contributed by atoms with Crippen molar-refractivity contribution < 1.29 is 4.79 Å². The van der Waals surface area contributed by atoms with Gasteiger partial charge in [-0.05, 0) is 25.0 Å². The molecule has 0 saturated carbocycles. The second-order valence-electron chi connectivity index (χ2n) is 5.58. The predicted molar refractivity (Wildman–Crippen MR) is 89.0 cm³/mol. The number of para-hydroxylation sites is 1. The maximum absolute atomic E-state index is 12.5. The van der Waals surface area contributed by atoms with Crippen molar-refractivity contribution in [3.05, 3.63) is 51.9 Å². The molecular formula is C16H17ClN4O2. The smallest absolute Gasteiger partial charge is 0.292 e. The first-order valence-electron chi connectivity index (χ1n) is 7.45. The minimum atomic E-state index is -0.378. The quantitative estimate of drug-likeness (QED) is 0.925. The maximum Gasteiger partial charge on any atom is 0.292 e. The molecular weight excluding hydrogens is 316 g/mol. The summed E-state index contributed by atoms with van der Waals surface area (Å²) in [5, 5.41) is 4.32. The van der Waals surface area contributed by atoms with Crippen molar-refractivity contribution in [2.45, 2.75) is 12.8 Å². The summed E-state index contributed by atoms with van der Waals surface area (Å²) >= 11 is 6.28. The number of piperidine rings is 1. The minimum Gasteiger partial charge on any atom is -0.369 e. The summed E-state index contributed by atoms with van der Waals surface area (Å²) in [4.78, 5) is 25.8. The van der Waals surface area contributed by atoms with Gasteiger partial charge in [0.2, 0.25) is 5.91 Å². The molecule has 1 fully saturated rings. The van der Waals surface area contributed by atoms with Crippen LogP contribution in [0.3, 0.4) is 0 Å². The van der Waals surface area contributed by atoms with Gasteiger partial charge in [-0.2, -0.15) is 9.78 Å². The molecule has 1 aromatic carbocycles. The van der Waals surface area contributed by atoms with Gasteiger partial charge >= 0.3 is 0 Å². The fraction of sp³-hybridized carbons (Fsp3) is 0.312. The van der Waals surface area contributed by atoms with E-state index in [1.165, 1.54) is 4.68 Å². The van der Waals surface area contributed by atoms with E-state index in [0.717, 1.165) is 19.4 Å². The molecule has 0 aliphatic carbocycles. The lowest BCUT2D eigenvalue weighted by Crippen LogP contribution is -2.42. The number of benzene rings is 1. The van der Waals surface area contributed by atoms with E-state index in [4.69, 9.17) is 17.3 Å². The molecule has 6 nitrogen and oxygen atoms in total. The number of anilines is 1. The number of nitrogens with zero attached hydrogens (tertiary/aromatic N) is 3. The lowest BCUT2D eigenvalue weighted by molar-refractivity contribution is -0.122. The Hall–Kier alpha value is -2.34. The predicted octanol–water partition coefficient (Wildman–Crippen LogP) is 1.59. The van der Waals surface area contributed by atoms with E-state index >= 15 is 0 Å². The van der Waals surface area contributed by atoms with Gasteiger partial charge in [-0.1, -0.05) is 29.8 Å². The van der Waals surface area contributed by atoms with E-state index in [-0.39, 0.29) is 22.4 Å².